The monoisotopic (exact) mass is 277 g/mol. The third-order valence-corrected chi connectivity index (χ3v) is 3.60. The Bertz CT molecular complexity index is 455. The summed E-state index contributed by atoms with van der Waals surface area (Å²) in [6, 6.07) is 5.80. The van der Waals surface area contributed by atoms with Crippen LogP contribution in [0.3, 0.4) is 0 Å². The summed E-state index contributed by atoms with van der Waals surface area (Å²) in [5.41, 5.74) is 1.11. The van der Waals surface area contributed by atoms with Crippen molar-refractivity contribution in [1.29, 1.82) is 0 Å². The van der Waals surface area contributed by atoms with Gasteiger partial charge in [-0.1, -0.05) is 0 Å². The number of carbonyl (C=O) groups is 1. The average Bonchev–Trinajstić information content (AvgIpc) is 3.27. The van der Waals surface area contributed by atoms with Crippen LogP contribution in [0, 0.1) is 5.92 Å². The van der Waals surface area contributed by atoms with Crippen LogP contribution in [0.2, 0.25) is 0 Å². The van der Waals surface area contributed by atoms with Crippen molar-refractivity contribution in [3.8, 4) is 11.5 Å². The van der Waals surface area contributed by atoms with Crippen molar-refractivity contribution < 1.29 is 14.3 Å². The fourth-order valence-corrected chi connectivity index (χ4v) is 2.24. The van der Waals surface area contributed by atoms with Gasteiger partial charge in [0.15, 0.2) is 0 Å². The molecule has 1 aliphatic rings. The number of aryl methyl sites for hydroxylation is 1. The van der Waals surface area contributed by atoms with E-state index in [9.17, 15) is 4.79 Å². The molecule has 0 aromatic heterocycles. The maximum atomic E-state index is 11.6. The van der Waals surface area contributed by atoms with Crippen LogP contribution in [0.5, 0.6) is 11.5 Å². The molecule has 1 saturated carbocycles. The van der Waals surface area contributed by atoms with Gasteiger partial charge in [-0.05, 0) is 55.4 Å². The van der Waals surface area contributed by atoms with E-state index in [1.165, 1.54) is 12.8 Å². The van der Waals surface area contributed by atoms with E-state index in [-0.39, 0.29) is 5.91 Å². The van der Waals surface area contributed by atoms with Crippen LogP contribution in [0.4, 0.5) is 0 Å². The SMILES string of the molecule is COc1ccc(OC)c(CCCNC(=O)CC2CC2)c1. The fourth-order valence-electron chi connectivity index (χ4n) is 2.24. The second-order valence-corrected chi connectivity index (χ2v) is 5.28. The molecule has 0 unspecified atom stereocenters. The smallest absolute Gasteiger partial charge is 0.220 e. The van der Waals surface area contributed by atoms with Crippen LogP contribution in [0.15, 0.2) is 18.2 Å². The minimum Gasteiger partial charge on any atom is -0.497 e. The van der Waals surface area contributed by atoms with Crippen molar-refractivity contribution in [2.75, 3.05) is 20.8 Å². The molecule has 0 aliphatic heterocycles. The maximum absolute atomic E-state index is 11.6. The van der Waals surface area contributed by atoms with Gasteiger partial charge in [0, 0.05) is 13.0 Å². The number of hydrogen-bond acceptors (Lipinski definition) is 3. The van der Waals surface area contributed by atoms with E-state index in [1.807, 2.05) is 18.2 Å². The standard InChI is InChI=1S/C16H23NO3/c1-19-14-7-8-15(20-2)13(11-14)4-3-9-17-16(18)10-12-5-6-12/h7-8,11-12H,3-6,9-10H2,1-2H3,(H,17,18). The summed E-state index contributed by atoms with van der Waals surface area (Å²) in [5.74, 6) is 2.53. The Kier molecular flexibility index (Phi) is 5.27. The van der Waals surface area contributed by atoms with E-state index >= 15 is 0 Å². The first kappa shape index (κ1) is 14.7. The first-order valence-corrected chi connectivity index (χ1v) is 7.20. The van der Waals surface area contributed by atoms with Crippen LogP contribution in [-0.4, -0.2) is 26.7 Å². The third-order valence-electron chi connectivity index (χ3n) is 3.60. The first-order chi connectivity index (χ1) is 9.72. The van der Waals surface area contributed by atoms with Crippen LogP contribution in [0.1, 0.15) is 31.2 Å². The Morgan fingerprint density at radius 1 is 1.30 bits per heavy atom. The zero-order valence-corrected chi connectivity index (χ0v) is 12.3. The Morgan fingerprint density at radius 3 is 2.75 bits per heavy atom. The summed E-state index contributed by atoms with van der Waals surface area (Å²) in [4.78, 5) is 11.6. The van der Waals surface area contributed by atoms with Gasteiger partial charge in [0.1, 0.15) is 11.5 Å². The molecule has 0 saturated heterocycles. The van der Waals surface area contributed by atoms with E-state index in [4.69, 9.17) is 9.47 Å². The van der Waals surface area contributed by atoms with Gasteiger partial charge in [0.05, 0.1) is 14.2 Å². The summed E-state index contributed by atoms with van der Waals surface area (Å²) in [7, 11) is 3.33. The van der Waals surface area contributed by atoms with E-state index in [0.717, 1.165) is 29.9 Å². The second kappa shape index (κ2) is 7.17. The highest BCUT2D eigenvalue weighted by molar-refractivity contribution is 5.76. The van der Waals surface area contributed by atoms with Crippen LogP contribution in [0.25, 0.3) is 0 Å². The van der Waals surface area contributed by atoms with Gasteiger partial charge in [-0.25, -0.2) is 0 Å². The van der Waals surface area contributed by atoms with Gasteiger partial charge in [0.25, 0.3) is 0 Å². The number of amides is 1. The zero-order valence-electron chi connectivity index (χ0n) is 12.3. The summed E-state index contributed by atoms with van der Waals surface area (Å²) < 4.78 is 10.6. The largest absolute Gasteiger partial charge is 0.497 e. The molecule has 4 heteroatoms. The van der Waals surface area contributed by atoms with E-state index in [0.29, 0.717) is 18.9 Å². The molecule has 1 aliphatic carbocycles. The zero-order chi connectivity index (χ0) is 14.4. The van der Waals surface area contributed by atoms with Crippen LogP contribution >= 0.6 is 0 Å². The van der Waals surface area contributed by atoms with E-state index in [2.05, 4.69) is 5.32 Å². The Balaban J connectivity index is 1.75. The molecular weight excluding hydrogens is 254 g/mol. The van der Waals surface area contributed by atoms with Crippen molar-refractivity contribution in [2.24, 2.45) is 5.92 Å². The Hall–Kier alpha value is -1.71. The highest BCUT2D eigenvalue weighted by atomic mass is 16.5. The molecule has 110 valence electrons. The number of benzene rings is 1. The lowest BCUT2D eigenvalue weighted by Crippen LogP contribution is -2.24. The first-order valence-electron chi connectivity index (χ1n) is 7.20. The van der Waals surface area contributed by atoms with Gasteiger partial charge >= 0.3 is 0 Å². The lowest BCUT2D eigenvalue weighted by Gasteiger charge is -2.10. The molecule has 1 N–H and O–H groups in total. The number of nitrogens with one attached hydrogen (secondary N) is 1. The normalized spacial score (nSPS) is 13.9. The number of methoxy groups -OCH3 is 2. The highest BCUT2D eigenvalue weighted by Crippen LogP contribution is 2.32. The maximum Gasteiger partial charge on any atom is 0.220 e. The van der Waals surface area contributed by atoms with E-state index < -0.39 is 0 Å². The van der Waals surface area contributed by atoms with Crippen molar-refractivity contribution >= 4 is 5.91 Å². The predicted molar refractivity (Wildman–Crippen MR) is 78.2 cm³/mol. The second-order valence-electron chi connectivity index (χ2n) is 5.28. The molecule has 1 aromatic rings. The minimum atomic E-state index is 0.185. The molecule has 0 spiro atoms. The molecule has 4 nitrogen and oxygen atoms in total. The van der Waals surface area contributed by atoms with Gasteiger partial charge < -0.3 is 14.8 Å². The van der Waals surface area contributed by atoms with Crippen molar-refractivity contribution in [1.82, 2.24) is 5.32 Å². The molecule has 0 bridgehead atoms. The molecule has 2 rings (SSSR count). The topological polar surface area (TPSA) is 47.6 Å². The van der Waals surface area contributed by atoms with Crippen molar-refractivity contribution in [2.45, 2.75) is 32.1 Å². The minimum absolute atomic E-state index is 0.185. The number of hydrogen-bond donors (Lipinski definition) is 1. The summed E-state index contributed by atoms with van der Waals surface area (Å²) in [6.07, 6.45) is 4.90. The lowest BCUT2D eigenvalue weighted by atomic mass is 10.1. The van der Waals surface area contributed by atoms with E-state index in [1.54, 1.807) is 14.2 Å². The highest BCUT2D eigenvalue weighted by Gasteiger charge is 2.23. The van der Waals surface area contributed by atoms with Crippen molar-refractivity contribution in [3.63, 3.8) is 0 Å². The lowest BCUT2D eigenvalue weighted by molar-refractivity contribution is -0.121. The predicted octanol–water partition coefficient (Wildman–Crippen LogP) is 2.55. The molecule has 1 aromatic carbocycles. The van der Waals surface area contributed by atoms with Crippen LogP contribution < -0.4 is 14.8 Å². The summed E-state index contributed by atoms with van der Waals surface area (Å²) in [5, 5.41) is 2.98. The number of ether oxygens (including phenoxy) is 2. The van der Waals surface area contributed by atoms with Crippen LogP contribution in [-0.2, 0) is 11.2 Å². The Labute approximate surface area is 120 Å². The quantitative estimate of drug-likeness (QED) is 0.743. The molecule has 0 radical (unpaired) electrons. The number of rotatable bonds is 8. The third kappa shape index (κ3) is 4.44. The van der Waals surface area contributed by atoms with Gasteiger partial charge in [0.2, 0.25) is 5.91 Å². The Morgan fingerprint density at radius 2 is 2.10 bits per heavy atom. The summed E-state index contributed by atoms with van der Waals surface area (Å²) in [6.45, 7) is 0.714. The molecule has 20 heavy (non-hydrogen) atoms. The molecular formula is C16H23NO3. The van der Waals surface area contributed by atoms with Gasteiger partial charge in [-0.2, -0.15) is 0 Å². The molecule has 0 atom stereocenters. The number of carbonyl (C=O) groups excluding carboxylic acids is 1. The molecule has 0 heterocycles. The molecule has 1 amide bonds. The average molecular weight is 277 g/mol. The summed E-state index contributed by atoms with van der Waals surface area (Å²) >= 11 is 0. The van der Waals surface area contributed by atoms with Gasteiger partial charge in [-0.15, -0.1) is 0 Å². The fraction of sp³-hybridized carbons (Fsp3) is 0.562. The van der Waals surface area contributed by atoms with Gasteiger partial charge in [-0.3, -0.25) is 4.79 Å². The van der Waals surface area contributed by atoms with Crippen molar-refractivity contribution in [3.05, 3.63) is 23.8 Å². The molecule has 1 fully saturated rings.